The van der Waals surface area contributed by atoms with Crippen LogP contribution in [0.25, 0.3) is 0 Å². The molecule has 0 bridgehead atoms. The first kappa shape index (κ1) is 22.8. The molecule has 184 valence electrons. The quantitative estimate of drug-likeness (QED) is 0.482. The van der Waals surface area contributed by atoms with E-state index in [1.54, 1.807) is 5.57 Å². The molecule has 8 atom stereocenters. The summed E-state index contributed by atoms with van der Waals surface area (Å²) in [5, 5.41) is 0. The topological polar surface area (TPSA) is 23.6 Å². The summed E-state index contributed by atoms with van der Waals surface area (Å²) in [6.45, 7) is 8.51. The standard InChI is InChI=1S/C31H44N2O/c1-20-6-8-22(9-7-20)29(34)33(5)24-14-16-30(3)23(18-24)10-11-25-27(30)15-17-31-19-32(4)21(2)26(31)12-13-28(25)31/h6-10,21,24-28H,11-19H2,1-5H3/t21-,24-,25+,26+,27?,28?,30-,31-/m0/s1. The second-order valence-electron chi connectivity index (χ2n) is 13.0. The fourth-order valence-electron chi connectivity index (χ4n) is 9.84. The van der Waals surface area contributed by atoms with E-state index < -0.39 is 0 Å². The summed E-state index contributed by atoms with van der Waals surface area (Å²) in [7, 11) is 4.40. The zero-order chi connectivity index (χ0) is 23.8. The molecule has 6 rings (SSSR count). The number of carbonyl (C=O) groups is 1. The van der Waals surface area contributed by atoms with Crippen LogP contribution in [0, 0.1) is 41.4 Å². The molecule has 2 unspecified atom stereocenters. The Bertz CT molecular complexity index is 997. The molecule has 1 aromatic rings. The summed E-state index contributed by atoms with van der Waals surface area (Å²) in [5.74, 6) is 3.77. The Morgan fingerprint density at radius 1 is 1.03 bits per heavy atom. The lowest BCUT2D eigenvalue weighted by Crippen LogP contribution is -2.53. The monoisotopic (exact) mass is 460 g/mol. The summed E-state index contributed by atoms with van der Waals surface area (Å²) in [5.41, 5.74) is 4.66. The molecule has 3 saturated carbocycles. The molecule has 3 nitrogen and oxygen atoms in total. The van der Waals surface area contributed by atoms with Crippen molar-refractivity contribution in [3.8, 4) is 0 Å². The molecule has 34 heavy (non-hydrogen) atoms. The number of likely N-dealkylation sites (tertiary alicyclic amines) is 1. The maximum Gasteiger partial charge on any atom is 0.253 e. The summed E-state index contributed by atoms with van der Waals surface area (Å²) >= 11 is 0. The molecule has 4 fully saturated rings. The maximum atomic E-state index is 13.2. The van der Waals surface area contributed by atoms with Crippen LogP contribution in [0.3, 0.4) is 0 Å². The first-order chi connectivity index (χ1) is 16.2. The lowest BCUT2D eigenvalue weighted by molar-refractivity contribution is -0.0430. The number of aryl methyl sites for hydroxylation is 1. The third kappa shape index (κ3) is 3.14. The van der Waals surface area contributed by atoms with Crippen LogP contribution in [0.15, 0.2) is 35.9 Å². The van der Waals surface area contributed by atoms with E-state index in [4.69, 9.17) is 0 Å². The van der Waals surface area contributed by atoms with Gasteiger partial charge in [0.05, 0.1) is 0 Å². The van der Waals surface area contributed by atoms with Crippen molar-refractivity contribution in [1.82, 2.24) is 9.80 Å². The summed E-state index contributed by atoms with van der Waals surface area (Å²) in [4.78, 5) is 17.9. The minimum Gasteiger partial charge on any atom is -0.338 e. The first-order valence-corrected chi connectivity index (χ1v) is 14.0. The number of nitrogens with zero attached hydrogens (tertiary/aromatic N) is 2. The molecule has 1 heterocycles. The van der Waals surface area contributed by atoms with Gasteiger partial charge in [-0.3, -0.25) is 4.79 Å². The van der Waals surface area contributed by atoms with Gasteiger partial charge in [0.15, 0.2) is 0 Å². The average Bonchev–Trinajstić information content (AvgIpc) is 3.31. The maximum absolute atomic E-state index is 13.2. The van der Waals surface area contributed by atoms with Crippen molar-refractivity contribution in [1.29, 1.82) is 0 Å². The summed E-state index contributed by atoms with van der Waals surface area (Å²) in [6, 6.07) is 9.17. The number of hydrogen-bond acceptors (Lipinski definition) is 2. The highest BCUT2D eigenvalue weighted by Crippen LogP contribution is 2.68. The molecule has 3 heteroatoms. The lowest BCUT2D eigenvalue weighted by atomic mass is 9.47. The molecule has 1 amide bonds. The molecule has 0 aromatic heterocycles. The normalized spacial score (nSPS) is 43.4. The lowest BCUT2D eigenvalue weighted by Gasteiger charge is -2.58. The SMILES string of the molecule is Cc1ccc(C(=O)N(C)[C@H]2CC[C@@]3(C)C(=CC[C@H]4C5CC[C@@H]6[C@H](C)N(C)C[C@]56CCC43)C2)cc1. The van der Waals surface area contributed by atoms with Crippen LogP contribution in [0.1, 0.15) is 81.1 Å². The van der Waals surface area contributed by atoms with Gasteiger partial charge >= 0.3 is 0 Å². The molecule has 1 aliphatic heterocycles. The van der Waals surface area contributed by atoms with E-state index in [2.05, 4.69) is 50.9 Å². The molecular weight excluding hydrogens is 416 g/mol. The van der Waals surface area contributed by atoms with Crippen LogP contribution in [0.4, 0.5) is 0 Å². The van der Waals surface area contributed by atoms with Crippen molar-refractivity contribution < 1.29 is 4.79 Å². The highest BCUT2D eigenvalue weighted by Gasteiger charge is 2.64. The zero-order valence-electron chi connectivity index (χ0n) is 22.0. The second kappa shape index (κ2) is 7.95. The number of fused-ring (bicyclic) bond motifs is 4. The van der Waals surface area contributed by atoms with E-state index in [0.717, 1.165) is 48.1 Å². The Morgan fingerprint density at radius 3 is 2.53 bits per heavy atom. The fraction of sp³-hybridized carbons (Fsp3) is 0.710. The van der Waals surface area contributed by atoms with E-state index in [9.17, 15) is 4.79 Å². The van der Waals surface area contributed by atoms with Crippen LogP contribution >= 0.6 is 0 Å². The van der Waals surface area contributed by atoms with Crippen LogP contribution in [0.2, 0.25) is 0 Å². The van der Waals surface area contributed by atoms with Crippen LogP contribution < -0.4 is 0 Å². The van der Waals surface area contributed by atoms with Crippen molar-refractivity contribution >= 4 is 5.91 Å². The molecule has 5 aliphatic rings. The Hall–Kier alpha value is -1.61. The van der Waals surface area contributed by atoms with Crippen molar-refractivity contribution in [2.24, 2.45) is 34.5 Å². The van der Waals surface area contributed by atoms with Gasteiger partial charge in [-0.2, -0.15) is 0 Å². The number of amides is 1. The van der Waals surface area contributed by atoms with Crippen molar-refractivity contribution in [3.63, 3.8) is 0 Å². The highest BCUT2D eigenvalue weighted by molar-refractivity contribution is 5.94. The molecule has 4 aliphatic carbocycles. The van der Waals surface area contributed by atoms with Gasteiger partial charge < -0.3 is 9.80 Å². The summed E-state index contributed by atoms with van der Waals surface area (Å²) < 4.78 is 0. The average molecular weight is 461 g/mol. The first-order valence-electron chi connectivity index (χ1n) is 14.0. The van der Waals surface area contributed by atoms with Gasteiger partial charge in [0.25, 0.3) is 5.91 Å². The Morgan fingerprint density at radius 2 is 1.76 bits per heavy atom. The summed E-state index contributed by atoms with van der Waals surface area (Å²) in [6.07, 6.45) is 13.2. The number of hydrogen-bond donors (Lipinski definition) is 0. The van der Waals surface area contributed by atoms with Gasteiger partial charge in [0.2, 0.25) is 0 Å². The predicted molar refractivity (Wildman–Crippen MR) is 139 cm³/mol. The molecule has 0 radical (unpaired) electrons. The van der Waals surface area contributed by atoms with Crippen molar-refractivity contribution in [2.45, 2.75) is 84.2 Å². The molecule has 1 spiro atoms. The molecular formula is C31H44N2O. The minimum absolute atomic E-state index is 0.180. The Balaban J connectivity index is 1.21. The predicted octanol–water partition coefficient (Wildman–Crippen LogP) is 6.33. The smallest absolute Gasteiger partial charge is 0.253 e. The minimum atomic E-state index is 0.180. The van der Waals surface area contributed by atoms with Gasteiger partial charge in [-0.15, -0.1) is 0 Å². The number of benzene rings is 1. The van der Waals surface area contributed by atoms with Crippen molar-refractivity contribution in [3.05, 3.63) is 47.0 Å². The number of allylic oxidation sites excluding steroid dienone is 1. The third-order valence-corrected chi connectivity index (χ3v) is 11.8. The third-order valence-electron chi connectivity index (χ3n) is 11.8. The van der Waals surface area contributed by atoms with Crippen molar-refractivity contribution in [2.75, 3.05) is 20.6 Å². The van der Waals surface area contributed by atoms with E-state index in [1.807, 2.05) is 24.1 Å². The van der Waals surface area contributed by atoms with Crippen LogP contribution in [0.5, 0.6) is 0 Å². The largest absolute Gasteiger partial charge is 0.338 e. The van der Waals surface area contributed by atoms with Gasteiger partial charge in [-0.05, 0) is 119 Å². The van der Waals surface area contributed by atoms with E-state index in [0.29, 0.717) is 16.9 Å². The van der Waals surface area contributed by atoms with E-state index in [1.165, 1.54) is 50.6 Å². The van der Waals surface area contributed by atoms with Crippen LogP contribution in [-0.2, 0) is 0 Å². The highest BCUT2D eigenvalue weighted by atomic mass is 16.2. The van der Waals surface area contributed by atoms with Gasteiger partial charge in [-0.25, -0.2) is 0 Å². The van der Waals surface area contributed by atoms with E-state index >= 15 is 0 Å². The Kier molecular flexibility index (Phi) is 5.34. The van der Waals surface area contributed by atoms with Gasteiger partial charge in [0, 0.05) is 31.2 Å². The molecule has 1 saturated heterocycles. The number of carbonyl (C=O) groups excluding carboxylic acids is 1. The zero-order valence-corrected chi connectivity index (χ0v) is 22.0. The molecule has 0 N–H and O–H groups in total. The number of rotatable bonds is 2. The van der Waals surface area contributed by atoms with Crippen LogP contribution in [-0.4, -0.2) is 48.4 Å². The van der Waals surface area contributed by atoms with Gasteiger partial charge in [-0.1, -0.05) is 36.3 Å². The second-order valence-corrected chi connectivity index (χ2v) is 13.0. The molecule has 1 aromatic carbocycles. The fourth-order valence-corrected chi connectivity index (χ4v) is 9.84. The van der Waals surface area contributed by atoms with Gasteiger partial charge in [0.1, 0.15) is 0 Å². The van der Waals surface area contributed by atoms with E-state index in [-0.39, 0.29) is 5.91 Å². The Labute approximate surface area is 207 Å².